The molecule has 0 aliphatic carbocycles. The summed E-state index contributed by atoms with van der Waals surface area (Å²) in [4.78, 5) is 0. The lowest BCUT2D eigenvalue weighted by molar-refractivity contribution is 0.435. The lowest BCUT2D eigenvalue weighted by Gasteiger charge is -2.21. The molecule has 0 radical (unpaired) electrons. The minimum absolute atomic E-state index is 0.113. The number of halogens is 1. The van der Waals surface area contributed by atoms with Gasteiger partial charge >= 0.3 is 0 Å². The molecule has 2 N–H and O–H groups in total. The summed E-state index contributed by atoms with van der Waals surface area (Å²) >= 11 is 0. The minimum Gasteiger partial charge on any atom is -0.508 e. The molecule has 0 aliphatic heterocycles. The van der Waals surface area contributed by atoms with Crippen LogP contribution in [0.1, 0.15) is 37.1 Å². The zero-order valence-corrected chi connectivity index (χ0v) is 11.1. The van der Waals surface area contributed by atoms with E-state index < -0.39 is 0 Å². The van der Waals surface area contributed by atoms with Gasteiger partial charge in [-0.2, -0.15) is 0 Å². The van der Waals surface area contributed by atoms with E-state index in [4.69, 9.17) is 0 Å². The molecule has 0 aliphatic rings. The van der Waals surface area contributed by atoms with Crippen LogP contribution in [0, 0.1) is 5.82 Å². The fourth-order valence-electron chi connectivity index (χ4n) is 2.17. The zero-order chi connectivity index (χ0) is 13.8. The van der Waals surface area contributed by atoms with Crippen molar-refractivity contribution in [2.45, 2.75) is 25.9 Å². The summed E-state index contributed by atoms with van der Waals surface area (Å²) < 4.78 is 13.2. The molecule has 2 aromatic carbocycles. The summed E-state index contributed by atoms with van der Waals surface area (Å²) in [5.41, 5.74) is 1.73. The van der Waals surface area contributed by atoms with Crippen molar-refractivity contribution in [2.75, 3.05) is 0 Å². The first-order valence-corrected chi connectivity index (χ1v) is 6.37. The maximum atomic E-state index is 13.2. The molecule has 2 unspecified atom stereocenters. The van der Waals surface area contributed by atoms with E-state index in [1.807, 2.05) is 44.2 Å². The van der Waals surface area contributed by atoms with Crippen LogP contribution in [0.4, 0.5) is 4.39 Å². The molecule has 0 saturated heterocycles. The van der Waals surface area contributed by atoms with E-state index in [2.05, 4.69) is 5.32 Å². The molecule has 0 spiro atoms. The summed E-state index contributed by atoms with van der Waals surface area (Å²) in [5.74, 6) is -0.226. The lowest BCUT2D eigenvalue weighted by Crippen LogP contribution is -2.22. The van der Waals surface area contributed by atoms with Crippen LogP contribution in [0.3, 0.4) is 0 Å². The van der Waals surface area contributed by atoms with E-state index in [-0.39, 0.29) is 23.7 Å². The van der Waals surface area contributed by atoms with E-state index in [1.54, 1.807) is 0 Å². The quantitative estimate of drug-likeness (QED) is 0.871. The standard InChI is InChI=1S/C16H18FNO/c1-11(13-6-4-3-5-7-13)18-12(2)15-10-14(17)8-9-16(15)19/h3-12,18-19H,1-2H3. The number of hydrogen-bond donors (Lipinski definition) is 2. The molecule has 2 aromatic rings. The van der Waals surface area contributed by atoms with Crippen LogP contribution >= 0.6 is 0 Å². The number of phenols is 1. The van der Waals surface area contributed by atoms with Crippen molar-refractivity contribution in [1.29, 1.82) is 0 Å². The average Bonchev–Trinajstić information content (AvgIpc) is 2.42. The molecule has 2 rings (SSSR count). The van der Waals surface area contributed by atoms with Gasteiger partial charge in [0.25, 0.3) is 0 Å². The molecule has 19 heavy (non-hydrogen) atoms. The number of rotatable bonds is 4. The van der Waals surface area contributed by atoms with Crippen LogP contribution in [-0.2, 0) is 0 Å². The number of phenolic OH excluding ortho intramolecular Hbond substituents is 1. The Morgan fingerprint density at radius 1 is 1.00 bits per heavy atom. The zero-order valence-electron chi connectivity index (χ0n) is 11.1. The second kappa shape index (κ2) is 5.85. The van der Waals surface area contributed by atoms with Gasteiger partial charge in [0, 0.05) is 17.6 Å². The summed E-state index contributed by atoms with van der Waals surface area (Å²) in [5, 5.41) is 13.1. The Morgan fingerprint density at radius 2 is 1.68 bits per heavy atom. The van der Waals surface area contributed by atoms with Crippen molar-refractivity contribution in [3.63, 3.8) is 0 Å². The third kappa shape index (κ3) is 3.32. The van der Waals surface area contributed by atoms with Gasteiger partial charge in [-0.15, -0.1) is 0 Å². The van der Waals surface area contributed by atoms with Crippen LogP contribution in [0.15, 0.2) is 48.5 Å². The molecule has 0 bridgehead atoms. The largest absolute Gasteiger partial charge is 0.508 e. The molecular formula is C16H18FNO. The van der Waals surface area contributed by atoms with E-state index >= 15 is 0 Å². The number of aromatic hydroxyl groups is 1. The normalized spacial score (nSPS) is 14.1. The second-order valence-corrected chi connectivity index (χ2v) is 4.72. The number of benzene rings is 2. The van der Waals surface area contributed by atoms with Gasteiger partial charge in [-0.05, 0) is 37.6 Å². The molecule has 0 amide bonds. The van der Waals surface area contributed by atoms with Gasteiger partial charge in [0.05, 0.1) is 0 Å². The molecule has 0 saturated carbocycles. The molecule has 2 atom stereocenters. The van der Waals surface area contributed by atoms with Gasteiger partial charge < -0.3 is 10.4 Å². The van der Waals surface area contributed by atoms with Gasteiger partial charge in [-0.1, -0.05) is 30.3 Å². The van der Waals surface area contributed by atoms with Crippen molar-refractivity contribution >= 4 is 0 Å². The summed E-state index contributed by atoms with van der Waals surface area (Å²) in [6, 6.07) is 14.0. The lowest BCUT2D eigenvalue weighted by atomic mass is 10.0. The highest BCUT2D eigenvalue weighted by Gasteiger charge is 2.14. The Morgan fingerprint density at radius 3 is 2.37 bits per heavy atom. The van der Waals surface area contributed by atoms with E-state index in [0.717, 1.165) is 5.56 Å². The maximum Gasteiger partial charge on any atom is 0.123 e. The SMILES string of the molecule is CC(NC(C)c1cc(F)ccc1O)c1ccccc1. The number of nitrogens with one attached hydrogen (secondary N) is 1. The van der Waals surface area contributed by atoms with Crippen molar-refractivity contribution < 1.29 is 9.50 Å². The third-order valence-corrected chi connectivity index (χ3v) is 3.26. The van der Waals surface area contributed by atoms with E-state index in [9.17, 15) is 9.50 Å². The van der Waals surface area contributed by atoms with Crippen LogP contribution in [0.25, 0.3) is 0 Å². The predicted molar refractivity (Wildman–Crippen MR) is 74.5 cm³/mol. The molecule has 0 aromatic heterocycles. The minimum atomic E-state index is -0.339. The highest BCUT2D eigenvalue weighted by Crippen LogP contribution is 2.26. The van der Waals surface area contributed by atoms with Crippen LogP contribution < -0.4 is 5.32 Å². The smallest absolute Gasteiger partial charge is 0.123 e. The van der Waals surface area contributed by atoms with Gasteiger partial charge in [0.2, 0.25) is 0 Å². The Kier molecular flexibility index (Phi) is 4.17. The highest BCUT2D eigenvalue weighted by molar-refractivity contribution is 5.35. The van der Waals surface area contributed by atoms with Crippen LogP contribution in [0.5, 0.6) is 5.75 Å². The fraction of sp³-hybridized carbons (Fsp3) is 0.250. The summed E-state index contributed by atoms with van der Waals surface area (Å²) in [6.07, 6.45) is 0. The topological polar surface area (TPSA) is 32.3 Å². The first-order chi connectivity index (χ1) is 9.08. The average molecular weight is 259 g/mol. The molecular weight excluding hydrogens is 241 g/mol. The maximum absolute atomic E-state index is 13.2. The Hall–Kier alpha value is -1.87. The van der Waals surface area contributed by atoms with Gasteiger partial charge in [-0.3, -0.25) is 0 Å². The molecule has 0 heterocycles. The Bertz CT molecular complexity index is 542. The molecule has 0 fully saturated rings. The van der Waals surface area contributed by atoms with Crippen molar-refractivity contribution in [3.8, 4) is 5.75 Å². The van der Waals surface area contributed by atoms with Gasteiger partial charge in [0.1, 0.15) is 11.6 Å². The van der Waals surface area contributed by atoms with E-state index in [0.29, 0.717) is 5.56 Å². The van der Waals surface area contributed by atoms with Gasteiger partial charge in [-0.25, -0.2) is 4.39 Å². The second-order valence-electron chi connectivity index (χ2n) is 4.72. The molecule has 100 valence electrons. The Balaban J connectivity index is 2.13. The van der Waals surface area contributed by atoms with Crippen molar-refractivity contribution in [2.24, 2.45) is 0 Å². The monoisotopic (exact) mass is 259 g/mol. The third-order valence-electron chi connectivity index (χ3n) is 3.26. The van der Waals surface area contributed by atoms with E-state index in [1.165, 1.54) is 18.2 Å². The predicted octanol–water partition coefficient (Wildman–Crippen LogP) is 3.94. The van der Waals surface area contributed by atoms with Crippen LogP contribution in [-0.4, -0.2) is 5.11 Å². The van der Waals surface area contributed by atoms with Crippen LogP contribution in [0.2, 0.25) is 0 Å². The summed E-state index contributed by atoms with van der Waals surface area (Å²) in [7, 11) is 0. The highest BCUT2D eigenvalue weighted by atomic mass is 19.1. The molecule has 2 nitrogen and oxygen atoms in total. The Labute approximate surface area is 112 Å². The first-order valence-electron chi connectivity index (χ1n) is 6.37. The summed E-state index contributed by atoms with van der Waals surface area (Å²) in [6.45, 7) is 3.95. The molecule has 3 heteroatoms. The van der Waals surface area contributed by atoms with Gasteiger partial charge in [0.15, 0.2) is 0 Å². The first kappa shape index (κ1) is 13.6. The number of hydrogen-bond acceptors (Lipinski definition) is 2. The van der Waals surface area contributed by atoms with Crippen molar-refractivity contribution in [1.82, 2.24) is 5.32 Å². The fourth-order valence-corrected chi connectivity index (χ4v) is 2.17. The van der Waals surface area contributed by atoms with Crippen molar-refractivity contribution in [3.05, 3.63) is 65.5 Å².